The van der Waals surface area contributed by atoms with Crippen molar-refractivity contribution in [3.63, 3.8) is 0 Å². The summed E-state index contributed by atoms with van der Waals surface area (Å²) in [6.45, 7) is 4.02. The number of nitrogens with zero attached hydrogens (tertiary/aromatic N) is 2. The molecule has 3 aromatic rings. The molecule has 0 unspecified atom stereocenters. The Hall–Kier alpha value is -3.81. The first-order valence-corrected chi connectivity index (χ1v) is 11.9. The van der Waals surface area contributed by atoms with Crippen molar-refractivity contribution in [2.45, 2.75) is 26.2 Å². The number of methoxy groups -OCH3 is 2. The van der Waals surface area contributed by atoms with Gasteiger partial charge in [-0.25, -0.2) is 4.79 Å². The summed E-state index contributed by atoms with van der Waals surface area (Å²) >= 11 is 0. The average Bonchev–Trinajstić information content (AvgIpc) is 2.91. The summed E-state index contributed by atoms with van der Waals surface area (Å²) in [6, 6.07) is 13.2. The standard InChI is InChI=1S/C27H32N4O4/c1-4-26(32)31-9-7-18(8-10-31)16-29-27(33)30-22-6-5-19-11-21(17-28-25(19)14-22)20-12-23(34-2)15-24(13-20)35-3/h5-6,11-15,17-18H,4,7-10,16H2,1-3H3,(H2,29,30,33). The number of pyridine rings is 1. The van der Waals surface area contributed by atoms with E-state index in [1.54, 1.807) is 20.4 Å². The van der Waals surface area contributed by atoms with Gasteiger partial charge in [-0.3, -0.25) is 9.78 Å². The Kier molecular flexibility index (Phi) is 7.70. The van der Waals surface area contributed by atoms with Gasteiger partial charge in [0.2, 0.25) is 5.91 Å². The number of carbonyl (C=O) groups is 2. The molecule has 4 rings (SSSR count). The van der Waals surface area contributed by atoms with Crippen LogP contribution in [-0.4, -0.2) is 55.7 Å². The maximum atomic E-state index is 12.4. The molecule has 8 heteroatoms. The van der Waals surface area contributed by atoms with Crippen LogP contribution in [0.25, 0.3) is 22.0 Å². The lowest BCUT2D eigenvalue weighted by Gasteiger charge is -2.31. The zero-order valence-electron chi connectivity index (χ0n) is 20.5. The van der Waals surface area contributed by atoms with Gasteiger partial charge in [0, 0.05) is 55.0 Å². The van der Waals surface area contributed by atoms with Crippen molar-refractivity contribution >= 4 is 28.5 Å². The van der Waals surface area contributed by atoms with E-state index in [1.807, 2.05) is 48.2 Å². The van der Waals surface area contributed by atoms with E-state index < -0.39 is 0 Å². The SMILES string of the molecule is CCC(=O)N1CCC(CNC(=O)Nc2ccc3cc(-c4cc(OC)cc(OC)c4)cnc3c2)CC1. The highest BCUT2D eigenvalue weighted by molar-refractivity contribution is 5.93. The number of urea groups is 1. The number of piperidine rings is 1. The van der Waals surface area contributed by atoms with E-state index in [-0.39, 0.29) is 11.9 Å². The smallest absolute Gasteiger partial charge is 0.319 e. The zero-order valence-corrected chi connectivity index (χ0v) is 20.5. The number of ether oxygens (including phenoxy) is 2. The van der Waals surface area contributed by atoms with Crippen molar-refractivity contribution in [1.29, 1.82) is 0 Å². The molecule has 1 fully saturated rings. The number of benzene rings is 2. The number of amides is 3. The van der Waals surface area contributed by atoms with Gasteiger partial charge < -0.3 is 25.0 Å². The minimum atomic E-state index is -0.239. The number of anilines is 1. The second-order valence-corrected chi connectivity index (χ2v) is 8.75. The van der Waals surface area contributed by atoms with Crippen molar-refractivity contribution in [1.82, 2.24) is 15.2 Å². The molecule has 0 bridgehead atoms. The van der Waals surface area contributed by atoms with Gasteiger partial charge in [-0.15, -0.1) is 0 Å². The number of nitrogens with one attached hydrogen (secondary N) is 2. The number of likely N-dealkylation sites (tertiary alicyclic amines) is 1. The van der Waals surface area contributed by atoms with E-state index in [9.17, 15) is 9.59 Å². The van der Waals surface area contributed by atoms with E-state index in [4.69, 9.17) is 9.47 Å². The number of hydrogen-bond acceptors (Lipinski definition) is 5. The molecule has 2 aromatic carbocycles. The molecule has 2 heterocycles. The predicted molar refractivity (Wildman–Crippen MR) is 137 cm³/mol. The molecule has 0 saturated carbocycles. The molecule has 0 atom stereocenters. The second-order valence-electron chi connectivity index (χ2n) is 8.75. The van der Waals surface area contributed by atoms with Crippen LogP contribution in [0.4, 0.5) is 10.5 Å². The molecule has 8 nitrogen and oxygen atoms in total. The number of rotatable bonds is 7. The van der Waals surface area contributed by atoms with Crippen LogP contribution in [0, 0.1) is 5.92 Å². The number of carbonyl (C=O) groups excluding carboxylic acids is 2. The van der Waals surface area contributed by atoms with Crippen LogP contribution >= 0.6 is 0 Å². The van der Waals surface area contributed by atoms with Crippen LogP contribution < -0.4 is 20.1 Å². The van der Waals surface area contributed by atoms with Crippen molar-refractivity contribution in [3.05, 3.63) is 48.7 Å². The Balaban J connectivity index is 1.36. The summed E-state index contributed by atoms with van der Waals surface area (Å²) in [4.78, 5) is 30.8. The van der Waals surface area contributed by atoms with E-state index >= 15 is 0 Å². The number of hydrogen-bond donors (Lipinski definition) is 2. The van der Waals surface area contributed by atoms with Crippen LogP contribution in [-0.2, 0) is 4.79 Å². The summed E-state index contributed by atoms with van der Waals surface area (Å²) in [5, 5.41) is 6.82. The summed E-state index contributed by atoms with van der Waals surface area (Å²) in [6.07, 6.45) is 4.17. The van der Waals surface area contributed by atoms with E-state index in [0.717, 1.165) is 48.0 Å². The molecule has 0 spiro atoms. The monoisotopic (exact) mass is 476 g/mol. The first-order chi connectivity index (χ1) is 17.0. The third-order valence-electron chi connectivity index (χ3n) is 6.45. The Morgan fingerprint density at radius 2 is 1.71 bits per heavy atom. The third-order valence-corrected chi connectivity index (χ3v) is 6.45. The molecular weight excluding hydrogens is 444 g/mol. The fourth-order valence-electron chi connectivity index (χ4n) is 4.35. The summed E-state index contributed by atoms with van der Waals surface area (Å²) in [7, 11) is 3.25. The Labute approximate surface area is 205 Å². The number of fused-ring (bicyclic) bond motifs is 1. The zero-order chi connectivity index (χ0) is 24.8. The van der Waals surface area contributed by atoms with Gasteiger partial charge in [0.15, 0.2) is 0 Å². The summed E-state index contributed by atoms with van der Waals surface area (Å²) in [5.74, 6) is 2.01. The number of aromatic nitrogens is 1. The third kappa shape index (κ3) is 6.01. The van der Waals surface area contributed by atoms with Crippen LogP contribution in [0.1, 0.15) is 26.2 Å². The molecule has 2 N–H and O–H groups in total. The van der Waals surface area contributed by atoms with Crippen LogP contribution in [0.2, 0.25) is 0 Å². The molecular formula is C27H32N4O4. The molecule has 0 aliphatic carbocycles. The van der Waals surface area contributed by atoms with Gasteiger partial charge in [-0.1, -0.05) is 13.0 Å². The van der Waals surface area contributed by atoms with E-state index in [0.29, 0.717) is 36.1 Å². The molecule has 35 heavy (non-hydrogen) atoms. The maximum Gasteiger partial charge on any atom is 0.319 e. The topological polar surface area (TPSA) is 92.8 Å². The second kappa shape index (κ2) is 11.1. The highest BCUT2D eigenvalue weighted by Crippen LogP contribution is 2.31. The lowest BCUT2D eigenvalue weighted by molar-refractivity contribution is -0.132. The fraction of sp³-hybridized carbons (Fsp3) is 0.370. The Bertz CT molecular complexity index is 1180. The molecule has 1 aliphatic heterocycles. The van der Waals surface area contributed by atoms with Gasteiger partial charge in [0.25, 0.3) is 0 Å². The minimum Gasteiger partial charge on any atom is -0.497 e. The van der Waals surface area contributed by atoms with Crippen molar-refractivity contribution < 1.29 is 19.1 Å². The lowest BCUT2D eigenvalue weighted by Crippen LogP contribution is -2.42. The maximum absolute atomic E-state index is 12.4. The fourth-order valence-corrected chi connectivity index (χ4v) is 4.35. The van der Waals surface area contributed by atoms with Crippen LogP contribution in [0.5, 0.6) is 11.5 Å². The van der Waals surface area contributed by atoms with Crippen LogP contribution in [0.3, 0.4) is 0 Å². The molecule has 184 valence electrons. The normalized spacial score (nSPS) is 14.0. The van der Waals surface area contributed by atoms with Gasteiger partial charge in [0.05, 0.1) is 19.7 Å². The van der Waals surface area contributed by atoms with Crippen LogP contribution in [0.15, 0.2) is 48.7 Å². The van der Waals surface area contributed by atoms with Crippen molar-refractivity contribution in [2.24, 2.45) is 5.92 Å². The molecule has 1 saturated heterocycles. The first-order valence-electron chi connectivity index (χ1n) is 11.9. The molecule has 1 aromatic heterocycles. The highest BCUT2D eigenvalue weighted by atomic mass is 16.5. The molecule has 0 radical (unpaired) electrons. The van der Waals surface area contributed by atoms with Gasteiger partial charge in [0.1, 0.15) is 11.5 Å². The largest absolute Gasteiger partial charge is 0.497 e. The van der Waals surface area contributed by atoms with Crippen molar-refractivity contribution in [2.75, 3.05) is 39.2 Å². The van der Waals surface area contributed by atoms with Gasteiger partial charge >= 0.3 is 6.03 Å². The molecule has 1 aliphatic rings. The first kappa shape index (κ1) is 24.3. The van der Waals surface area contributed by atoms with E-state index in [2.05, 4.69) is 21.7 Å². The summed E-state index contributed by atoms with van der Waals surface area (Å²) < 4.78 is 10.7. The minimum absolute atomic E-state index is 0.203. The highest BCUT2D eigenvalue weighted by Gasteiger charge is 2.22. The average molecular weight is 477 g/mol. The Morgan fingerprint density at radius 1 is 1.00 bits per heavy atom. The lowest BCUT2D eigenvalue weighted by atomic mass is 9.96. The van der Waals surface area contributed by atoms with E-state index in [1.165, 1.54) is 0 Å². The quantitative estimate of drug-likeness (QED) is 0.516. The Morgan fingerprint density at radius 3 is 2.37 bits per heavy atom. The summed E-state index contributed by atoms with van der Waals surface area (Å²) in [5.41, 5.74) is 3.36. The van der Waals surface area contributed by atoms with Crippen molar-refractivity contribution in [3.8, 4) is 22.6 Å². The molecule has 3 amide bonds. The van der Waals surface area contributed by atoms with Gasteiger partial charge in [-0.2, -0.15) is 0 Å². The van der Waals surface area contributed by atoms with Gasteiger partial charge in [-0.05, 0) is 54.7 Å². The predicted octanol–water partition coefficient (Wildman–Crippen LogP) is 4.69.